The number of nitrogens with one attached hydrogen (secondary N) is 2. The van der Waals surface area contributed by atoms with Crippen LogP contribution in [0.15, 0.2) is 27.6 Å². The third-order valence-corrected chi connectivity index (χ3v) is 5.51. The van der Waals surface area contributed by atoms with Gasteiger partial charge in [-0.05, 0) is 72.4 Å². The highest BCUT2D eigenvalue weighted by Crippen LogP contribution is 2.20. The molecular weight excluding hydrogens is 383 g/mol. The topological polar surface area (TPSA) is 58.2 Å². The van der Waals surface area contributed by atoms with Crippen LogP contribution in [0.25, 0.3) is 0 Å². The highest BCUT2D eigenvalue weighted by atomic mass is 79.9. The average Bonchev–Trinajstić information content (AvgIpc) is 2.43. The molecular formula is C13H19BrClFN2O2S. The van der Waals surface area contributed by atoms with E-state index in [4.69, 9.17) is 0 Å². The van der Waals surface area contributed by atoms with Gasteiger partial charge in [-0.15, -0.1) is 12.4 Å². The largest absolute Gasteiger partial charge is 0.316 e. The molecule has 0 spiro atoms. The van der Waals surface area contributed by atoms with Crippen molar-refractivity contribution < 1.29 is 12.8 Å². The van der Waals surface area contributed by atoms with E-state index in [-0.39, 0.29) is 21.8 Å². The van der Waals surface area contributed by atoms with Gasteiger partial charge in [-0.25, -0.2) is 17.5 Å². The van der Waals surface area contributed by atoms with Crippen LogP contribution in [-0.2, 0) is 10.0 Å². The van der Waals surface area contributed by atoms with Gasteiger partial charge in [0.1, 0.15) is 5.82 Å². The molecule has 1 aliphatic rings. The zero-order valence-corrected chi connectivity index (χ0v) is 14.7. The van der Waals surface area contributed by atoms with Crippen molar-refractivity contribution in [2.45, 2.75) is 24.2 Å². The zero-order valence-electron chi connectivity index (χ0n) is 11.4. The fraction of sp³-hybridized carbons (Fsp3) is 0.538. The fourth-order valence-electron chi connectivity index (χ4n) is 2.30. The van der Waals surface area contributed by atoms with E-state index in [1.807, 2.05) is 0 Å². The van der Waals surface area contributed by atoms with Gasteiger partial charge in [0.15, 0.2) is 0 Å². The molecule has 4 nitrogen and oxygen atoms in total. The van der Waals surface area contributed by atoms with Crippen molar-refractivity contribution in [1.29, 1.82) is 0 Å². The lowest BCUT2D eigenvalue weighted by atomic mass is 9.96. The normalized spacial score (nSPS) is 19.0. The number of halogens is 3. The van der Waals surface area contributed by atoms with Crippen molar-refractivity contribution in [3.8, 4) is 0 Å². The summed E-state index contributed by atoms with van der Waals surface area (Å²) in [6.45, 7) is 2.40. The minimum atomic E-state index is -3.57. The van der Waals surface area contributed by atoms with Gasteiger partial charge in [0.25, 0.3) is 0 Å². The molecule has 8 heteroatoms. The first-order chi connectivity index (χ1) is 9.49. The summed E-state index contributed by atoms with van der Waals surface area (Å²) in [5, 5.41) is 3.30. The standard InChI is InChI=1S/C13H18BrFN2O2S.ClH/c14-12-8-11(3-4-13(12)15)20(18,19)17-7-5-10-2-1-6-16-9-10;/h3-4,8,10,16-17H,1-2,5-7,9H2;1H. The third kappa shape index (κ3) is 5.49. The lowest BCUT2D eigenvalue weighted by Gasteiger charge is -2.22. The first kappa shape index (κ1) is 18.8. The van der Waals surface area contributed by atoms with Crippen molar-refractivity contribution in [3.05, 3.63) is 28.5 Å². The van der Waals surface area contributed by atoms with Gasteiger partial charge in [-0.1, -0.05) is 0 Å². The lowest BCUT2D eigenvalue weighted by Crippen LogP contribution is -2.33. The molecule has 0 aromatic heterocycles. The van der Waals surface area contributed by atoms with Crippen molar-refractivity contribution in [2.75, 3.05) is 19.6 Å². The van der Waals surface area contributed by atoms with E-state index in [0.29, 0.717) is 12.5 Å². The van der Waals surface area contributed by atoms with Gasteiger partial charge >= 0.3 is 0 Å². The second kappa shape index (κ2) is 8.43. The molecule has 1 aliphatic heterocycles. The molecule has 1 unspecified atom stereocenters. The number of piperidine rings is 1. The molecule has 21 heavy (non-hydrogen) atoms. The van der Waals surface area contributed by atoms with Crippen LogP contribution in [0.2, 0.25) is 0 Å². The summed E-state index contributed by atoms with van der Waals surface area (Å²) in [7, 11) is -3.57. The third-order valence-electron chi connectivity index (χ3n) is 3.44. The Bertz CT molecular complexity index is 565. The summed E-state index contributed by atoms with van der Waals surface area (Å²) >= 11 is 2.99. The molecule has 0 amide bonds. The van der Waals surface area contributed by atoms with Crippen LogP contribution in [0.1, 0.15) is 19.3 Å². The van der Waals surface area contributed by atoms with E-state index >= 15 is 0 Å². The van der Waals surface area contributed by atoms with Gasteiger partial charge in [0, 0.05) is 6.54 Å². The second-order valence-corrected chi connectivity index (χ2v) is 7.60. The Kier molecular flexibility index (Phi) is 7.56. The van der Waals surface area contributed by atoms with E-state index in [1.54, 1.807) is 0 Å². The van der Waals surface area contributed by atoms with Crippen LogP contribution in [0.3, 0.4) is 0 Å². The first-order valence-electron chi connectivity index (χ1n) is 6.64. The minimum Gasteiger partial charge on any atom is -0.316 e. The highest BCUT2D eigenvalue weighted by molar-refractivity contribution is 9.10. The summed E-state index contributed by atoms with van der Waals surface area (Å²) < 4.78 is 40.0. The van der Waals surface area contributed by atoms with E-state index in [9.17, 15) is 12.8 Å². The van der Waals surface area contributed by atoms with Gasteiger partial charge in [-0.3, -0.25) is 0 Å². The maximum Gasteiger partial charge on any atom is 0.240 e. The monoisotopic (exact) mass is 400 g/mol. The van der Waals surface area contributed by atoms with Crippen LogP contribution in [0, 0.1) is 11.7 Å². The van der Waals surface area contributed by atoms with Crippen LogP contribution in [0.5, 0.6) is 0 Å². The average molecular weight is 402 g/mol. The summed E-state index contributed by atoms with van der Waals surface area (Å²) in [6.07, 6.45) is 3.09. The molecule has 1 fully saturated rings. The maximum absolute atomic E-state index is 13.1. The molecule has 0 aliphatic carbocycles. The smallest absolute Gasteiger partial charge is 0.240 e. The van der Waals surface area contributed by atoms with E-state index in [0.717, 1.165) is 38.4 Å². The van der Waals surface area contributed by atoms with E-state index in [1.165, 1.54) is 12.1 Å². The molecule has 120 valence electrons. The molecule has 1 heterocycles. The lowest BCUT2D eigenvalue weighted by molar-refractivity contribution is 0.358. The summed E-state index contributed by atoms with van der Waals surface area (Å²) in [4.78, 5) is 0.0764. The predicted molar refractivity (Wildman–Crippen MR) is 86.7 cm³/mol. The van der Waals surface area contributed by atoms with E-state index in [2.05, 4.69) is 26.0 Å². The summed E-state index contributed by atoms with van der Waals surface area (Å²) in [6, 6.07) is 3.69. The Morgan fingerprint density at radius 2 is 2.19 bits per heavy atom. The van der Waals surface area contributed by atoms with Crippen molar-refractivity contribution in [1.82, 2.24) is 10.0 Å². The quantitative estimate of drug-likeness (QED) is 0.797. The number of rotatable bonds is 5. The zero-order chi connectivity index (χ0) is 14.6. The summed E-state index contributed by atoms with van der Waals surface area (Å²) in [5.74, 6) is 0.0450. The fourth-order valence-corrected chi connectivity index (χ4v) is 3.90. The van der Waals surface area contributed by atoms with Crippen molar-refractivity contribution >= 4 is 38.4 Å². The molecule has 1 atom stereocenters. The second-order valence-electron chi connectivity index (χ2n) is 4.97. The Hall–Kier alpha value is -0.210. The van der Waals surface area contributed by atoms with Crippen molar-refractivity contribution in [2.24, 2.45) is 5.92 Å². The van der Waals surface area contributed by atoms with Crippen molar-refractivity contribution in [3.63, 3.8) is 0 Å². The molecule has 1 aromatic carbocycles. The molecule has 0 radical (unpaired) electrons. The van der Waals surface area contributed by atoms with Crippen LogP contribution in [0.4, 0.5) is 4.39 Å². The van der Waals surface area contributed by atoms with Crippen LogP contribution >= 0.6 is 28.3 Å². The number of hydrogen-bond acceptors (Lipinski definition) is 3. The van der Waals surface area contributed by atoms with Gasteiger partial charge in [0.2, 0.25) is 10.0 Å². The molecule has 1 saturated heterocycles. The Morgan fingerprint density at radius 1 is 1.43 bits per heavy atom. The van der Waals surface area contributed by atoms with E-state index < -0.39 is 15.8 Å². The molecule has 2 N–H and O–H groups in total. The molecule has 2 rings (SSSR count). The Balaban J connectivity index is 0.00000220. The molecule has 1 aromatic rings. The highest BCUT2D eigenvalue weighted by Gasteiger charge is 2.17. The molecule has 0 saturated carbocycles. The SMILES string of the molecule is Cl.O=S(=O)(NCCC1CCCNC1)c1ccc(F)c(Br)c1. The minimum absolute atomic E-state index is 0. The van der Waals surface area contributed by atoms with Crippen LogP contribution < -0.4 is 10.0 Å². The number of hydrogen-bond donors (Lipinski definition) is 2. The van der Waals surface area contributed by atoms with Gasteiger partial charge in [-0.2, -0.15) is 0 Å². The summed E-state index contributed by atoms with van der Waals surface area (Å²) in [5.41, 5.74) is 0. The van der Waals surface area contributed by atoms with Gasteiger partial charge in [0.05, 0.1) is 9.37 Å². The predicted octanol–water partition coefficient (Wildman–Crippen LogP) is 2.68. The molecule has 0 bridgehead atoms. The Morgan fingerprint density at radius 3 is 2.81 bits per heavy atom. The number of benzene rings is 1. The van der Waals surface area contributed by atoms with Gasteiger partial charge < -0.3 is 5.32 Å². The first-order valence-corrected chi connectivity index (χ1v) is 8.92. The van der Waals surface area contributed by atoms with Crippen LogP contribution in [-0.4, -0.2) is 28.1 Å². The Labute approximate surface area is 139 Å². The number of sulfonamides is 1. The maximum atomic E-state index is 13.1.